The minimum Gasteiger partial charge on any atom is -0.288 e. The molecule has 0 aromatic carbocycles. The second-order valence-corrected chi connectivity index (χ2v) is 7.23. The third kappa shape index (κ3) is 2.71. The molecule has 0 saturated carbocycles. The number of nitrogens with zero attached hydrogens (tertiary/aromatic N) is 4. The standard InChI is InChI=1S/C14H18N4O2S/c1-11-15-8-10-17(11)14-7-3-5-12(16-14)13-6-4-9-18(13)21(2,19)20/h3,5,7-8,10,13H,4,6,9H2,1-2H3. The Kier molecular flexibility index (Phi) is 3.54. The van der Waals surface area contributed by atoms with Gasteiger partial charge < -0.3 is 0 Å². The Morgan fingerprint density at radius 3 is 2.81 bits per heavy atom. The number of imidazole rings is 1. The van der Waals surface area contributed by atoms with Gasteiger partial charge in [0.1, 0.15) is 11.6 Å². The zero-order valence-corrected chi connectivity index (χ0v) is 12.9. The highest BCUT2D eigenvalue weighted by Crippen LogP contribution is 2.33. The summed E-state index contributed by atoms with van der Waals surface area (Å²) in [6.07, 6.45) is 6.52. The van der Waals surface area contributed by atoms with Crippen LogP contribution in [0.4, 0.5) is 0 Å². The Morgan fingerprint density at radius 1 is 1.33 bits per heavy atom. The van der Waals surface area contributed by atoms with Crippen LogP contribution in [0.15, 0.2) is 30.6 Å². The summed E-state index contributed by atoms with van der Waals surface area (Å²) in [6.45, 7) is 2.48. The lowest BCUT2D eigenvalue weighted by Crippen LogP contribution is -2.30. The SMILES string of the molecule is Cc1nccn1-c1cccc(C2CCCN2S(C)(=O)=O)n1. The molecule has 0 amide bonds. The first kappa shape index (κ1) is 14.2. The lowest BCUT2D eigenvalue weighted by molar-refractivity contribution is 0.394. The van der Waals surface area contributed by atoms with Gasteiger partial charge in [-0.05, 0) is 31.9 Å². The van der Waals surface area contributed by atoms with Gasteiger partial charge in [0.05, 0.1) is 18.0 Å². The number of hydrogen-bond acceptors (Lipinski definition) is 4. The Morgan fingerprint density at radius 2 is 2.14 bits per heavy atom. The van der Waals surface area contributed by atoms with Gasteiger partial charge in [0.15, 0.2) is 0 Å². The van der Waals surface area contributed by atoms with Gasteiger partial charge >= 0.3 is 0 Å². The zero-order valence-electron chi connectivity index (χ0n) is 12.1. The summed E-state index contributed by atoms with van der Waals surface area (Å²) in [5.74, 6) is 1.62. The summed E-state index contributed by atoms with van der Waals surface area (Å²) >= 11 is 0. The second-order valence-electron chi connectivity index (χ2n) is 5.30. The van der Waals surface area contributed by atoms with Crippen LogP contribution in [-0.2, 0) is 10.0 Å². The number of hydrogen-bond donors (Lipinski definition) is 0. The van der Waals surface area contributed by atoms with Crippen LogP contribution < -0.4 is 0 Å². The van der Waals surface area contributed by atoms with Crippen molar-refractivity contribution in [3.05, 3.63) is 42.1 Å². The van der Waals surface area contributed by atoms with E-state index in [4.69, 9.17) is 0 Å². The molecule has 0 aliphatic carbocycles. The van der Waals surface area contributed by atoms with Crippen LogP contribution in [0.25, 0.3) is 5.82 Å². The molecule has 1 saturated heterocycles. The first-order valence-corrected chi connectivity index (χ1v) is 8.76. The number of aromatic nitrogens is 3. The number of pyridine rings is 1. The predicted molar refractivity (Wildman–Crippen MR) is 79.6 cm³/mol. The molecule has 0 bridgehead atoms. The zero-order chi connectivity index (χ0) is 15.0. The summed E-state index contributed by atoms with van der Waals surface area (Å²) in [5, 5.41) is 0. The van der Waals surface area contributed by atoms with Crippen LogP contribution in [0.2, 0.25) is 0 Å². The van der Waals surface area contributed by atoms with E-state index in [9.17, 15) is 8.42 Å². The minimum atomic E-state index is -3.20. The molecule has 3 rings (SSSR count). The van der Waals surface area contributed by atoms with Gasteiger partial charge in [-0.2, -0.15) is 4.31 Å². The maximum absolute atomic E-state index is 11.9. The van der Waals surface area contributed by atoms with Crippen LogP contribution in [0, 0.1) is 6.92 Å². The fourth-order valence-electron chi connectivity index (χ4n) is 2.81. The summed E-state index contributed by atoms with van der Waals surface area (Å²) in [7, 11) is -3.20. The molecule has 2 aromatic heterocycles. The van der Waals surface area contributed by atoms with Crippen molar-refractivity contribution < 1.29 is 8.42 Å². The van der Waals surface area contributed by atoms with E-state index in [0.29, 0.717) is 6.54 Å². The van der Waals surface area contributed by atoms with E-state index in [1.807, 2.05) is 35.9 Å². The number of aryl methyl sites for hydroxylation is 1. The Bertz CT molecular complexity index is 754. The molecule has 1 aliphatic rings. The van der Waals surface area contributed by atoms with Gasteiger partial charge in [-0.25, -0.2) is 18.4 Å². The maximum Gasteiger partial charge on any atom is 0.211 e. The first-order valence-electron chi connectivity index (χ1n) is 6.91. The highest BCUT2D eigenvalue weighted by atomic mass is 32.2. The molecule has 112 valence electrons. The fraction of sp³-hybridized carbons (Fsp3) is 0.429. The highest BCUT2D eigenvalue weighted by Gasteiger charge is 2.33. The largest absolute Gasteiger partial charge is 0.288 e. The monoisotopic (exact) mass is 306 g/mol. The molecule has 1 unspecified atom stereocenters. The molecule has 1 atom stereocenters. The predicted octanol–water partition coefficient (Wildman–Crippen LogP) is 1.67. The number of sulfonamides is 1. The molecule has 0 radical (unpaired) electrons. The van der Waals surface area contributed by atoms with Gasteiger partial charge in [0.25, 0.3) is 0 Å². The molecule has 1 aliphatic heterocycles. The van der Waals surface area contributed by atoms with Crippen molar-refractivity contribution in [2.75, 3.05) is 12.8 Å². The van der Waals surface area contributed by atoms with Crippen LogP contribution in [0.5, 0.6) is 0 Å². The third-order valence-electron chi connectivity index (χ3n) is 3.80. The van der Waals surface area contributed by atoms with Crippen molar-refractivity contribution >= 4 is 10.0 Å². The molecule has 1 fully saturated rings. The smallest absolute Gasteiger partial charge is 0.211 e. The Labute approximate surface area is 124 Å². The maximum atomic E-state index is 11.9. The molecule has 21 heavy (non-hydrogen) atoms. The average molecular weight is 306 g/mol. The first-order chi connectivity index (χ1) is 9.97. The summed E-state index contributed by atoms with van der Waals surface area (Å²) in [5.41, 5.74) is 0.795. The van der Waals surface area contributed by atoms with Gasteiger partial charge in [0, 0.05) is 18.9 Å². The van der Waals surface area contributed by atoms with Crippen LogP contribution in [0.1, 0.15) is 30.4 Å². The lowest BCUT2D eigenvalue weighted by atomic mass is 10.1. The van der Waals surface area contributed by atoms with Crippen molar-refractivity contribution in [2.45, 2.75) is 25.8 Å². The second kappa shape index (κ2) is 5.23. The van der Waals surface area contributed by atoms with E-state index in [-0.39, 0.29) is 6.04 Å². The summed E-state index contributed by atoms with van der Waals surface area (Å²) < 4.78 is 27.2. The van der Waals surface area contributed by atoms with Crippen LogP contribution in [-0.4, -0.2) is 40.1 Å². The van der Waals surface area contributed by atoms with Gasteiger partial charge in [-0.15, -0.1) is 0 Å². The fourth-order valence-corrected chi connectivity index (χ4v) is 3.95. The van der Waals surface area contributed by atoms with Crippen molar-refractivity contribution in [1.29, 1.82) is 0 Å². The van der Waals surface area contributed by atoms with Crippen molar-refractivity contribution in [2.24, 2.45) is 0 Å². The van der Waals surface area contributed by atoms with E-state index < -0.39 is 10.0 Å². The van der Waals surface area contributed by atoms with Gasteiger partial charge in [0.2, 0.25) is 10.0 Å². The average Bonchev–Trinajstić information content (AvgIpc) is 3.06. The lowest BCUT2D eigenvalue weighted by Gasteiger charge is -2.22. The van der Waals surface area contributed by atoms with Crippen molar-refractivity contribution in [1.82, 2.24) is 18.8 Å². The van der Waals surface area contributed by atoms with Crippen molar-refractivity contribution in [3.63, 3.8) is 0 Å². The molecular formula is C14H18N4O2S. The van der Waals surface area contributed by atoms with E-state index in [0.717, 1.165) is 30.2 Å². The van der Waals surface area contributed by atoms with Crippen molar-refractivity contribution in [3.8, 4) is 5.82 Å². The van der Waals surface area contributed by atoms with Crippen LogP contribution in [0.3, 0.4) is 0 Å². The highest BCUT2D eigenvalue weighted by molar-refractivity contribution is 7.88. The van der Waals surface area contributed by atoms with E-state index >= 15 is 0 Å². The van der Waals surface area contributed by atoms with E-state index in [1.165, 1.54) is 6.26 Å². The molecule has 0 N–H and O–H groups in total. The minimum absolute atomic E-state index is 0.163. The topological polar surface area (TPSA) is 68.1 Å². The summed E-state index contributed by atoms with van der Waals surface area (Å²) in [6, 6.07) is 5.54. The molecule has 6 nitrogen and oxygen atoms in total. The normalized spacial score (nSPS) is 20.0. The van der Waals surface area contributed by atoms with E-state index in [2.05, 4.69) is 9.97 Å². The van der Waals surface area contributed by atoms with Gasteiger partial charge in [-0.3, -0.25) is 4.57 Å². The van der Waals surface area contributed by atoms with E-state index in [1.54, 1.807) is 10.5 Å². The Hall–Kier alpha value is -1.73. The molecule has 7 heteroatoms. The molecule has 0 spiro atoms. The Balaban J connectivity index is 1.99. The quantitative estimate of drug-likeness (QED) is 0.865. The summed E-state index contributed by atoms with van der Waals surface area (Å²) in [4.78, 5) is 8.83. The van der Waals surface area contributed by atoms with Crippen LogP contribution >= 0.6 is 0 Å². The molecule has 3 heterocycles. The number of rotatable bonds is 3. The molecule has 2 aromatic rings. The molecular weight excluding hydrogens is 288 g/mol. The van der Waals surface area contributed by atoms with Gasteiger partial charge in [-0.1, -0.05) is 6.07 Å². The third-order valence-corrected chi connectivity index (χ3v) is 5.09.